The fraction of sp³-hybridized carbons (Fsp3) is 0.438. The Morgan fingerprint density at radius 3 is 2.62 bits per heavy atom. The Bertz CT molecular complexity index is 789. The van der Waals surface area contributed by atoms with Crippen LogP contribution in [-0.2, 0) is 24.4 Å². The van der Waals surface area contributed by atoms with Crippen molar-refractivity contribution in [2.45, 2.75) is 38.8 Å². The van der Waals surface area contributed by atoms with E-state index >= 15 is 0 Å². The molecule has 1 aliphatic rings. The number of aryl methyl sites for hydroxylation is 1. The van der Waals surface area contributed by atoms with Gasteiger partial charge in [-0.15, -0.1) is 10.2 Å². The number of carboxylic acids is 1. The van der Waals surface area contributed by atoms with Crippen LogP contribution >= 0.6 is 0 Å². The van der Waals surface area contributed by atoms with E-state index in [1.165, 1.54) is 12.1 Å². The maximum Gasteiger partial charge on any atom is 0.422 e. The van der Waals surface area contributed by atoms with Crippen LogP contribution in [0, 0.1) is 6.92 Å². The lowest BCUT2D eigenvalue weighted by atomic mass is 10.1. The van der Waals surface area contributed by atoms with Crippen molar-refractivity contribution in [3.63, 3.8) is 0 Å². The van der Waals surface area contributed by atoms with Crippen LogP contribution in [0.25, 0.3) is 0 Å². The van der Waals surface area contributed by atoms with Crippen molar-refractivity contribution < 1.29 is 27.8 Å². The van der Waals surface area contributed by atoms with Crippen molar-refractivity contribution in [3.8, 4) is 5.75 Å². The number of nitrogens with zero attached hydrogens (tertiary/aromatic N) is 4. The van der Waals surface area contributed by atoms with Crippen LogP contribution in [0.3, 0.4) is 0 Å². The third-order valence-corrected chi connectivity index (χ3v) is 4.15. The summed E-state index contributed by atoms with van der Waals surface area (Å²) in [6.45, 7) is 1.31. The first-order valence-corrected chi connectivity index (χ1v) is 7.87. The molecule has 1 atom stereocenters. The lowest BCUT2D eigenvalue weighted by molar-refractivity contribution is -0.153. The second kappa shape index (κ2) is 6.94. The van der Waals surface area contributed by atoms with Gasteiger partial charge in [0.1, 0.15) is 23.4 Å². The molecule has 1 N–H and O–H groups in total. The molecule has 0 bridgehead atoms. The zero-order valence-corrected chi connectivity index (χ0v) is 13.9. The van der Waals surface area contributed by atoms with Crippen molar-refractivity contribution in [2.75, 3.05) is 6.61 Å². The Morgan fingerprint density at radius 1 is 1.31 bits per heavy atom. The molecule has 140 valence electrons. The van der Waals surface area contributed by atoms with Gasteiger partial charge in [-0.2, -0.15) is 13.2 Å². The Labute approximate surface area is 147 Å². The number of alkyl halides is 3. The van der Waals surface area contributed by atoms with E-state index in [2.05, 4.69) is 14.9 Å². The third-order valence-electron chi connectivity index (χ3n) is 4.15. The van der Waals surface area contributed by atoms with Crippen molar-refractivity contribution >= 4 is 5.97 Å². The van der Waals surface area contributed by atoms with Gasteiger partial charge in [0.25, 0.3) is 0 Å². The predicted molar refractivity (Wildman–Crippen MR) is 83.4 cm³/mol. The molecule has 0 radical (unpaired) electrons. The van der Waals surface area contributed by atoms with Crippen molar-refractivity contribution in [1.82, 2.24) is 19.7 Å². The van der Waals surface area contributed by atoms with Gasteiger partial charge in [-0.1, -0.05) is 12.1 Å². The Morgan fingerprint density at radius 2 is 2.00 bits per heavy atom. The van der Waals surface area contributed by atoms with Gasteiger partial charge in [0, 0.05) is 6.54 Å². The molecule has 2 heterocycles. The molecule has 2 aromatic rings. The van der Waals surface area contributed by atoms with E-state index < -0.39 is 24.8 Å². The van der Waals surface area contributed by atoms with E-state index in [4.69, 9.17) is 0 Å². The number of hydrogen-bond donors (Lipinski definition) is 1. The lowest BCUT2D eigenvalue weighted by Crippen LogP contribution is -2.47. The molecule has 7 nitrogen and oxygen atoms in total. The Balaban J connectivity index is 1.70. The third kappa shape index (κ3) is 4.13. The highest BCUT2D eigenvalue weighted by Gasteiger charge is 2.33. The van der Waals surface area contributed by atoms with E-state index in [1.54, 1.807) is 28.5 Å². The molecule has 0 spiro atoms. The minimum absolute atomic E-state index is 0.106. The second-order valence-corrected chi connectivity index (χ2v) is 6.08. The normalized spacial score (nSPS) is 17.8. The van der Waals surface area contributed by atoms with Crippen LogP contribution in [0.15, 0.2) is 24.3 Å². The molecule has 0 fully saturated rings. The average Bonchev–Trinajstić information content (AvgIpc) is 2.93. The van der Waals surface area contributed by atoms with E-state index in [0.29, 0.717) is 24.7 Å². The molecule has 26 heavy (non-hydrogen) atoms. The molecule has 0 saturated heterocycles. The van der Waals surface area contributed by atoms with Gasteiger partial charge in [-0.25, -0.2) is 0 Å². The summed E-state index contributed by atoms with van der Waals surface area (Å²) < 4.78 is 43.0. The molecule has 0 amide bonds. The molecule has 0 aliphatic carbocycles. The number of aromatic nitrogens is 3. The quantitative estimate of drug-likeness (QED) is 0.867. The minimum Gasteiger partial charge on any atom is -0.484 e. The zero-order chi connectivity index (χ0) is 18.9. The molecule has 0 saturated carbocycles. The van der Waals surface area contributed by atoms with Crippen LogP contribution in [0.1, 0.15) is 17.2 Å². The summed E-state index contributed by atoms with van der Waals surface area (Å²) in [6, 6.07) is 5.38. The molecule has 1 aromatic carbocycles. The molecule has 1 aromatic heterocycles. The Kier molecular flexibility index (Phi) is 4.86. The first-order valence-electron chi connectivity index (χ1n) is 7.87. The molecular weight excluding hydrogens is 353 g/mol. The molecule has 10 heteroatoms. The maximum atomic E-state index is 12.2. The number of hydrogen-bond acceptors (Lipinski definition) is 5. The zero-order valence-electron chi connectivity index (χ0n) is 13.9. The Hall–Kier alpha value is -2.62. The van der Waals surface area contributed by atoms with Crippen molar-refractivity contribution in [3.05, 3.63) is 41.5 Å². The van der Waals surface area contributed by atoms with Gasteiger partial charge in [0.05, 0.1) is 13.1 Å². The number of benzene rings is 1. The highest BCUT2D eigenvalue weighted by atomic mass is 19.4. The first-order chi connectivity index (χ1) is 12.2. The fourth-order valence-electron chi connectivity index (χ4n) is 2.85. The second-order valence-electron chi connectivity index (χ2n) is 6.08. The smallest absolute Gasteiger partial charge is 0.422 e. The molecular formula is C16H17F3N4O3. The number of carbonyl (C=O) groups is 1. The van der Waals surface area contributed by atoms with Crippen LogP contribution in [-0.4, -0.2) is 49.6 Å². The van der Waals surface area contributed by atoms with Gasteiger partial charge < -0.3 is 14.4 Å². The topological polar surface area (TPSA) is 80.5 Å². The van der Waals surface area contributed by atoms with E-state index in [9.17, 15) is 23.1 Å². The predicted octanol–water partition coefficient (Wildman–Crippen LogP) is 2.00. The number of rotatable bonds is 5. The van der Waals surface area contributed by atoms with Gasteiger partial charge in [0.2, 0.25) is 0 Å². The largest absolute Gasteiger partial charge is 0.484 e. The summed E-state index contributed by atoms with van der Waals surface area (Å²) in [5, 5.41) is 17.5. The van der Waals surface area contributed by atoms with Crippen LogP contribution in [0.2, 0.25) is 0 Å². The molecule has 3 rings (SSSR count). The summed E-state index contributed by atoms with van der Waals surface area (Å²) in [5.74, 6) is 0.506. The van der Waals surface area contributed by atoms with Gasteiger partial charge in [-0.05, 0) is 24.6 Å². The summed E-state index contributed by atoms with van der Waals surface area (Å²) in [7, 11) is 0. The summed E-state index contributed by atoms with van der Waals surface area (Å²) in [4.78, 5) is 13.4. The number of halogens is 3. The minimum atomic E-state index is -4.39. The van der Waals surface area contributed by atoms with E-state index in [1.807, 2.05) is 0 Å². The number of ether oxygens (including phenoxy) is 1. The van der Waals surface area contributed by atoms with Gasteiger partial charge in [0.15, 0.2) is 6.61 Å². The standard InChI is InChI=1S/C16H17F3N4O3/c1-10-20-21-14-8-22(13(15(24)25)7-23(10)14)6-11-2-4-12(5-3-11)26-9-16(17,18)19/h2-5,13H,6-9H2,1H3,(H,24,25). The number of carboxylic acid groups (broad SMARTS) is 1. The van der Waals surface area contributed by atoms with E-state index in [0.717, 1.165) is 5.56 Å². The molecule has 1 aliphatic heterocycles. The SMILES string of the molecule is Cc1nnc2n1CC(C(=O)O)N(Cc1ccc(OCC(F)(F)F)cc1)C2. The number of aliphatic carboxylic acids is 1. The number of fused-ring (bicyclic) bond motifs is 1. The average molecular weight is 370 g/mol. The monoisotopic (exact) mass is 370 g/mol. The maximum absolute atomic E-state index is 12.2. The highest BCUT2D eigenvalue weighted by molar-refractivity contribution is 5.73. The van der Waals surface area contributed by atoms with Gasteiger partial charge in [-0.3, -0.25) is 9.69 Å². The van der Waals surface area contributed by atoms with Crippen molar-refractivity contribution in [2.24, 2.45) is 0 Å². The summed E-state index contributed by atoms with van der Waals surface area (Å²) in [6.07, 6.45) is -4.39. The van der Waals surface area contributed by atoms with Crippen LogP contribution in [0.5, 0.6) is 5.75 Å². The molecule has 1 unspecified atom stereocenters. The van der Waals surface area contributed by atoms with Crippen LogP contribution in [0.4, 0.5) is 13.2 Å². The summed E-state index contributed by atoms with van der Waals surface area (Å²) in [5.41, 5.74) is 0.764. The van der Waals surface area contributed by atoms with Gasteiger partial charge >= 0.3 is 12.1 Å². The lowest BCUT2D eigenvalue weighted by Gasteiger charge is -2.33. The summed E-state index contributed by atoms with van der Waals surface area (Å²) >= 11 is 0. The van der Waals surface area contributed by atoms with E-state index in [-0.39, 0.29) is 12.3 Å². The fourth-order valence-corrected chi connectivity index (χ4v) is 2.85. The van der Waals surface area contributed by atoms with Crippen molar-refractivity contribution in [1.29, 1.82) is 0 Å². The first kappa shape index (κ1) is 18.2. The van der Waals surface area contributed by atoms with Crippen LogP contribution < -0.4 is 4.74 Å². The highest BCUT2D eigenvalue weighted by Crippen LogP contribution is 2.23.